The van der Waals surface area contributed by atoms with Crippen LogP contribution in [0.2, 0.25) is 10.2 Å². The van der Waals surface area contributed by atoms with E-state index in [4.69, 9.17) is 23.2 Å². The SMILES string of the molecule is C[C@@H]1CNCCN1Cc1nc(Cl)ccc1Cl. The first-order valence-electron chi connectivity index (χ1n) is 5.42. The molecular weight excluding hydrogens is 245 g/mol. The molecule has 88 valence electrons. The van der Waals surface area contributed by atoms with Crippen LogP contribution in [0.5, 0.6) is 0 Å². The average Bonchev–Trinajstić information content (AvgIpc) is 2.27. The molecule has 1 atom stereocenters. The second-order valence-corrected chi connectivity index (χ2v) is 4.88. The Bertz CT molecular complexity index is 370. The van der Waals surface area contributed by atoms with Gasteiger partial charge in [0.15, 0.2) is 0 Å². The number of nitrogens with zero attached hydrogens (tertiary/aromatic N) is 2. The molecule has 0 aromatic carbocycles. The van der Waals surface area contributed by atoms with Crippen LogP contribution >= 0.6 is 23.2 Å². The van der Waals surface area contributed by atoms with Crippen molar-refractivity contribution in [3.05, 3.63) is 28.0 Å². The molecule has 3 nitrogen and oxygen atoms in total. The molecule has 1 aromatic rings. The van der Waals surface area contributed by atoms with E-state index in [0.717, 1.165) is 31.9 Å². The smallest absolute Gasteiger partial charge is 0.129 e. The molecule has 1 aromatic heterocycles. The lowest BCUT2D eigenvalue weighted by Crippen LogP contribution is -2.49. The zero-order chi connectivity index (χ0) is 11.5. The van der Waals surface area contributed by atoms with Crippen LogP contribution in [0.25, 0.3) is 0 Å². The van der Waals surface area contributed by atoms with E-state index in [1.54, 1.807) is 12.1 Å². The van der Waals surface area contributed by atoms with Crippen LogP contribution in [0, 0.1) is 0 Å². The highest BCUT2D eigenvalue weighted by Crippen LogP contribution is 2.19. The third-order valence-corrected chi connectivity index (χ3v) is 3.43. The lowest BCUT2D eigenvalue weighted by atomic mass is 10.2. The van der Waals surface area contributed by atoms with E-state index in [9.17, 15) is 0 Å². The molecule has 1 aliphatic rings. The zero-order valence-corrected chi connectivity index (χ0v) is 10.7. The van der Waals surface area contributed by atoms with Crippen LogP contribution in [0.15, 0.2) is 12.1 Å². The molecule has 0 amide bonds. The van der Waals surface area contributed by atoms with Crippen LogP contribution in [-0.2, 0) is 6.54 Å². The van der Waals surface area contributed by atoms with Crippen molar-refractivity contribution in [1.82, 2.24) is 15.2 Å². The molecule has 5 heteroatoms. The Morgan fingerprint density at radius 2 is 2.31 bits per heavy atom. The minimum absolute atomic E-state index is 0.502. The number of rotatable bonds is 2. The first-order chi connectivity index (χ1) is 7.66. The van der Waals surface area contributed by atoms with Gasteiger partial charge >= 0.3 is 0 Å². The van der Waals surface area contributed by atoms with Gasteiger partial charge in [0.1, 0.15) is 5.15 Å². The Morgan fingerprint density at radius 1 is 1.50 bits per heavy atom. The summed E-state index contributed by atoms with van der Waals surface area (Å²) in [5, 5.41) is 4.55. The van der Waals surface area contributed by atoms with E-state index >= 15 is 0 Å². The fraction of sp³-hybridized carbons (Fsp3) is 0.545. The van der Waals surface area contributed by atoms with E-state index < -0.39 is 0 Å². The van der Waals surface area contributed by atoms with Crippen LogP contribution in [0.4, 0.5) is 0 Å². The fourth-order valence-corrected chi connectivity index (χ4v) is 2.21. The van der Waals surface area contributed by atoms with Gasteiger partial charge in [0, 0.05) is 32.2 Å². The molecule has 0 spiro atoms. The summed E-state index contributed by atoms with van der Waals surface area (Å²) >= 11 is 12.0. The number of aromatic nitrogens is 1. The zero-order valence-electron chi connectivity index (χ0n) is 9.21. The number of pyridine rings is 1. The standard InChI is InChI=1S/C11H15Cl2N3/c1-8-6-14-4-5-16(8)7-10-9(12)2-3-11(13)15-10/h2-3,8,14H,4-7H2,1H3/t8-/m1/s1. The third-order valence-electron chi connectivity index (χ3n) is 2.88. The second-order valence-electron chi connectivity index (χ2n) is 4.09. The fourth-order valence-electron chi connectivity index (χ4n) is 1.88. The van der Waals surface area contributed by atoms with E-state index in [-0.39, 0.29) is 0 Å². The Kier molecular flexibility index (Phi) is 4.03. The average molecular weight is 260 g/mol. The van der Waals surface area contributed by atoms with Gasteiger partial charge < -0.3 is 5.32 Å². The number of nitrogens with one attached hydrogen (secondary N) is 1. The molecular formula is C11H15Cl2N3. The summed E-state index contributed by atoms with van der Waals surface area (Å²) in [6, 6.07) is 4.03. The first-order valence-corrected chi connectivity index (χ1v) is 6.18. The Hall–Kier alpha value is -0.350. The van der Waals surface area contributed by atoms with Crippen molar-refractivity contribution < 1.29 is 0 Å². The highest BCUT2D eigenvalue weighted by molar-refractivity contribution is 6.32. The van der Waals surface area contributed by atoms with Gasteiger partial charge in [-0.1, -0.05) is 23.2 Å². The summed E-state index contributed by atoms with van der Waals surface area (Å²) in [5.74, 6) is 0. The molecule has 0 unspecified atom stereocenters. The van der Waals surface area contributed by atoms with Gasteiger partial charge in [-0.25, -0.2) is 4.98 Å². The summed E-state index contributed by atoms with van der Waals surface area (Å²) in [6.07, 6.45) is 0. The second kappa shape index (κ2) is 5.32. The quantitative estimate of drug-likeness (QED) is 0.826. The van der Waals surface area contributed by atoms with Crippen LogP contribution in [-0.4, -0.2) is 35.6 Å². The predicted molar refractivity (Wildman–Crippen MR) is 67.0 cm³/mol. The molecule has 16 heavy (non-hydrogen) atoms. The van der Waals surface area contributed by atoms with Crippen molar-refractivity contribution in [3.8, 4) is 0 Å². The number of hydrogen-bond donors (Lipinski definition) is 1. The van der Waals surface area contributed by atoms with E-state index in [0.29, 0.717) is 16.2 Å². The first kappa shape index (κ1) is 12.1. The maximum Gasteiger partial charge on any atom is 0.129 e. The summed E-state index contributed by atoms with van der Waals surface area (Å²) in [4.78, 5) is 6.63. The number of halogens is 2. The van der Waals surface area contributed by atoms with Gasteiger partial charge in [0.2, 0.25) is 0 Å². The van der Waals surface area contributed by atoms with Crippen molar-refractivity contribution in [2.75, 3.05) is 19.6 Å². The summed E-state index contributed by atoms with van der Waals surface area (Å²) in [6.45, 7) is 6.01. The van der Waals surface area contributed by atoms with E-state index in [2.05, 4.69) is 22.1 Å². The minimum Gasteiger partial charge on any atom is -0.314 e. The lowest BCUT2D eigenvalue weighted by Gasteiger charge is -2.33. The summed E-state index contributed by atoms with van der Waals surface area (Å²) < 4.78 is 0. The van der Waals surface area contributed by atoms with Crippen molar-refractivity contribution in [2.45, 2.75) is 19.5 Å². The Morgan fingerprint density at radius 3 is 3.06 bits per heavy atom. The highest BCUT2D eigenvalue weighted by atomic mass is 35.5. The number of piperazine rings is 1. The van der Waals surface area contributed by atoms with Gasteiger partial charge in [0.25, 0.3) is 0 Å². The molecule has 1 aliphatic heterocycles. The molecule has 0 saturated carbocycles. The normalized spacial score (nSPS) is 22.3. The summed E-state index contributed by atoms with van der Waals surface area (Å²) in [5.41, 5.74) is 0.864. The van der Waals surface area contributed by atoms with E-state index in [1.807, 2.05) is 0 Å². The molecule has 0 aliphatic carbocycles. The molecule has 1 N–H and O–H groups in total. The Labute approximate surface area is 106 Å². The van der Waals surface area contributed by atoms with E-state index in [1.165, 1.54) is 0 Å². The molecule has 0 bridgehead atoms. The van der Waals surface area contributed by atoms with Gasteiger partial charge in [0.05, 0.1) is 10.7 Å². The van der Waals surface area contributed by atoms with Crippen LogP contribution in [0.3, 0.4) is 0 Å². The van der Waals surface area contributed by atoms with Gasteiger partial charge in [-0.2, -0.15) is 0 Å². The van der Waals surface area contributed by atoms with Gasteiger partial charge in [-0.05, 0) is 19.1 Å². The number of hydrogen-bond acceptors (Lipinski definition) is 3. The van der Waals surface area contributed by atoms with Crippen molar-refractivity contribution in [3.63, 3.8) is 0 Å². The highest BCUT2D eigenvalue weighted by Gasteiger charge is 2.19. The third kappa shape index (κ3) is 2.86. The van der Waals surface area contributed by atoms with Crippen molar-refractivity contribution in [2.24, 2.45) is 0 Å². The van der Waals surface area contributed by atoms with Crippen LogP contribution in [0.1, 0.15) is 12.6 Å². The van der Waals surface area contributed by atoms with Crippen molar-refractivity contribution >= 4 is 23.2 Å². The van der Waals surface area contributed by atoms with Gasteiger partial charge in [-0.3, -0.25) is 4.90 Å². The monoisotopic (exact) mass is 259 g/mol. The summed E-state index contributed by atoms with van der Waals surface area (Å²) in [7, 11) is 0. The maximum absolute atomic E-state index is 6.10. The minimum atomic E-state index is 0.502. The molecule has 1 fully saturated rings. The molecule has 2 rings (SSSR count). The molecule has 0 radical (unpaired) electrons. The topological polar surface area (TPSA) is 28.2 Å². The van der Waals surface area contributed by atoms with Crippen molar-refractivity contribution in [1.29, 1.82) is 0 Å². The largest absolute Gasteiger partial charge is 0.314 e. The predicted octanol–water partition coefficient (Wildman–Crippen LogP) is 2.18. The maximum atomic E-state index is 6.10. The molecule has 1 saturated heterocycles. The van der Waals surface area contributed by atoms with Gasteiger partial charge in [-0.15, -0.1) is 0 Å². The Balaban J connectivity index is 2.10. The molecule has 2 heterocycles. The lowest BCUT2D eigenvalue weighted by molar-refractivity contribution is 0.164. The van der Waals surface area contributed by atoms with Crippen LogP contribution < -0.4 is 5.32 Å².